The third kappa shape index (κ3) is 5.75. The standard InChI is InChI=1S/C29H33ClN6O3/c1-16(2)33-27-32-13-22(25(15-37)35(27)8)24-10-9-20(18(4)34-24)17(3)23-14-36(28(38)39-29(5,6)7)26-21(23)11-19(30)12-31-26/h9-14,16-17H,1-8H3,(H,32,33). The van der Waals surface area contributed by atoms with Crippen LogP contribution >= 0.6 is 11.6 Å². The summed E-state index contributed by atoms with van der Waals surface area (Å²) < 4.78 is 7.03. The van der Waals surface area contributed by atoms with Gasteiger partial charge in [0.2, 0.25) is 5.96 Å². The van der Waals surface area contributed by atoms with Crippen LogP contribution in [-0.4, -0.2) is 56.1 Å². The van der Waals surface area contributed by atoms with Gasteiger partial charge in [0.25, 0.3) is 0 Å². The molecular weight excluding hydrogens is 516 g/mol. The monoisotopic (exact) mass is 548 g/mol. The van der Waals surface area contributed by atoms with Crippen molar-refractivity contribution in [3.8, 4) is 0 Å². The second kappa shape index (κ2) is 10.7. The summed E-state index contributed by atoms with van der Waals surface area (Å²) in [5.74, 6) is 2.46. The van der Waals surface area contributed by atoms with Gasteiger partial charge in [-0.15, -0.1) is 0 Å². The molecule has 204 valence electrons. The van der Waals surface area contributed by atoms with E-state index in [0.29, 0.717) is 33.6 Å². The fraction of sp³-hybridized carbons (Fsp3) is 0.379. The number of aliphatic imine (C=N–C) groups is 1. The summed E-state index contributed by atoms with van der Waals surface area (Å²) in [6, 6.07) is 5.72. The molecular formula is C29H33ClN6O3. The van der Waals surface area contributed by atoms with Crippen molar-refractivity contribution in [2.45, 2.75) is 66.0 Å². The maximum absolute atomic E-state index is 13.0. The van der Waals surface area contributed by atoms with Gasteiger partial charge in [-0.25, -0.2) is 24.1 Å². The molecule has 0 fully saturated rings. The van der Waals surface area contributed by atoms with Gasteiger partial charge in [0.1, 0.15) is 16.9 Å². The summed E-state index contributed by atoms with van der Waals surface area (Å²) in [4.78, 5) is 40.3. The summed E-state index contributed by atoms with van der Waals surface area (Å²) >= 11 is 6.29. The molecule has 0 bridgehead atoms. The van der Waals surface area contributed by atoms with Gasteiger partial charge in [0.15, 0.2) is 5.94 Å². The van der Waals surface area contributed by atoms with E-state index in [2.05, 4.69) is 15.3 Å². The van der Waals surface area contributed by atoms with Crippen molar-refractivity contribution >= 4 is 46.2 Å². The van der Waals surface area contributed by atoms with Crippen molar-refractivity contribution < 1.29 is 14.3 Å². The first kappa shape index (κ1) is 28.1. The predicted octanol–water partition coefficient (Wildman–Crippen LogP) is 5.68. The highest BCUT2D eigenvalue weighted by Gasteiger charge is 2.27. The molecule has 3 aromatic rings. The lowest BCUT2D eigenvalue weighted by atomic mass is 9.91. The molecule has 9 nitrogen and oxygen atoms in total. The molecule has 1 N–H and O–H groups in total. The van der Waals surface area contributed by atoms with E-state index in [9.17, 15) is 9.59 Å². The lowest BCUT2D eigenvalue weighted by Crippen LogP contribution is -2.40. The summed E-state index contributed by atoms with van der Waals surface area (Å²) in [6.07, 6.45) is 4.49. The quantitative estimate of drug-likeness (QED) is 0.418. The largest absolute Gasteiger partial charge is 0.443 e. The number of nitrogens with one attached hydrogen (secondary N) is 1. The Balaban J connectivity index is 1.74. The number of likely N-dealkylation sites (N-methyl/N-ethyl adjacent to an activating group) is 1. The maximum atomic E-state index is 13.0. The molecule has 1 atom stereocenters. The number of carbonyl (C=O) groups excluding carboxylic acids is 2. The van der Waals surface area contributed by atoms with E-state index in [1.807, 2.05) is 66.5 Å². The van der Waals surface area contributed by atoms with Crippen molar-refractivity contribution in [2.24, 2.45) is 4.99 Å². The topological polar surface area (TPSA) is 102 Å². The van der Waals surface area contributed by atoms with E-state index in [0.717, 1.165) is 22.2 Å². The molecule has 0 radical (unpaired) electrons. The second-order valence-corrected chi connectivity index (χ2v) is 11.2. The van der Waals surface area contributed by atoms with E-state index in [4.69, 9.17) is 21.3 Å². The Hall–Kier alpha value is -3.94. The second-order valence-electron chi connectivity index (χ2n) is 10.8. The minimum absolute atomic E-state index is 0.0605. The molecule has 4 rings (SSSR count). The lowest BCUT2D eigenvalue weighted by Gasteiger charge is -2.28. The molecule has 0 saturated carbocycles. The molecule has 39 heavy (non-hydrogen) atoms. The number of rotatable bonds is 4. The molecule has 1 aliphatic heterocycles. The highest BCUT2D eigenvalue weighted by atomic mass is 35.5. The number of hydrogen-bond donors (Lipinski definition) is 1. The van der Waals surface area contributed by atoms with Crippen molar-refractivity contribution in [3.63, 3.8) is 0 Å². The molecule has 10 heteroatoms. The average Bonchev–Trinajstić information content (AvgIpc) is 3.22. The fourth-order valence-corrected chi connectivity index (χ4v) is 4.68. The zero-order valence-electron chi connectivity index (χ0n) is 23.5. The summed E-state index contributed by atoms with van der Waals surface area (Å²) in [5, 5.41) is 4.39. The normalized spacial score (nSPS) is 15.8. The Bertz CT molecular complexity index is 1560. The Labute approximate surface area is 233 Å². The lowest BCUT2D eigenvalue weighted by molar-refractivity contribution is 0.0543. The summed E-state index contributed by atoms with van der Waals surface area (Å²) in [7, 11) is 1.77. The number of ether oxygens (including phenoxy) is 1. The molecule has 0 aromatic carbocycles. The van der Waals surface area contributed by atoms with E-state index in [-0.39, 0.29) is 12.0 Å². The first-order chi connectivity index (χ1) is 18.3. The number of carbonyl (C=O) groups is 1. The van der Waals surface area contributed by atoms with Gasteiger partial charge in [0.05, 0.1) is 16.3 Å². The van der Waals surface area contributed by atoms with Crippen LogP contribution in [0.15, 0.2) is 47.5 Å². The van der Waals surface area contributed by atoms with Crippen LogP contribution in [0.1, 0.15) is 70.0 Å². The molecule has 1 aliphatic rings. The first-order valence-corrected chi connectivity index (χ1v) is 13.1. The number of hydrogen-bond acceptors (Lipinski definition) is 6. The van der Waals surface area contributed by atoms with Crippen LogP contribution in [0.5, 0.6) is 0 Å². The third-order valence-electron chi connectivity index (χ3n) is 6.30. The van der Waals surface area contributed by atoms with Gasteiger partial charge in [-0.05, 0) is 64.8 Å². The minimum atomic E-state index is -0.658. The molecule has 0 aliphatic carbocycles. The van der Waals surface area contributed by atoms with Crippen LogP contribution in [0.3, 0.4) is 0 Å². The highest BCUT2D eigenvalue weighted by molar-refractivity contribution is 6.31. The van der Waals surface area contributed by atoms with Crippen molar-refractivity contribution in [3.05, 3.63) is 70.0 Å². The molecule has 3 aromatic heterocycles. The molecule has 1 unspecified atom stereocenters. The molecule has 0 spiro atoms. The first-order valence-electron chi connectivity index (χ1n) is 12.7. The number of halogens is 1. The van der Waals surface area contributed by atoms with Crippen LogP contribution < -0.4 is 5.32 Å². The number of aryl methyl sites for hydroxylation is 1. The van der Waals surface area contributed by atoms with Crippen molar-refractivity contribution in [2.75, 3.05) is 7.05 Å². The molecule has 4 heterocycles. The average molecular weight is 549 g/mol. The van der Waals surface area contributed by atoms with Crippen LogP contribution in [0, 0.1) is 6.92 Å². The van der Waals surface area contributed by atoms with Crippen molar-refractivity contribution in [1.82, 2.24) is 24.8 Å². The Morgan fingerprint density at radius 1 is 1.21 bits per heavy atom. The maximum Gasteiger partial charge on any atom is 0.420 e. The van der Waals surface area contributed by atoms with E-state index in [1.54, 1.807) is 30.4 Å². The predicted molar refractivity (Wildman–Crippen MR) is 154 cm³/mol. The SMILES string of the molecule is Cc1nc(C2=CNC(=NC(C)C)N(C)C2=C=O)ccc1C(C)c1cn(C(=O)OC(C)(C)C)c2ncc(Cl)cc12. The minimum Gasteiger partial charge on any atom is -0.443 e. The van der Waals surface area contributed by atoms with Gasteiger partial charge < -0.3 is 15.0 Å². The smallest absolute Gasteiger partial charge is 0.420 e. The van der Waals surface area contributed by atoms with Crippen molar-refractivity contribution in [1.29, 1.82) is 0 Å². The Morgan fingerprint density at radius 2 is 1.92 bits per heavy atom. The van der Waals surface area contributed by atoms with Gasteiger partial charge >= 0.3 is 6.09 Å². The zero-order valence-corrected chi connectivity index (χ0v) is 24.2. The fourth-order valence-electron chi connectivity index (χ4n) is 4.52. The number of nitrogens with zero attached hydrogens (tertiary/aromatic N) is 5. The summed E-state index contributed by atoms with van der Waals surface area (Å²) in [5.41, 5.74) is 4.02. The van der Waals surface area contributed by atoms with Gasteiger partial charge in [-0.2, -0.15) is 0 Å². The van der Waals surface area contributed by atoms with Gasteiger partial charge in [0, 0.05) is 48.7 Å². The van der Waals surface area contributed by atoms with E-state index < -0.39 is 11.7 Å². The molecule has 0 saturated heterocycles. The van der Waals surface area contributed by atoms with Crippen LogP contribution in [0.25, 0.3) is 16.6 Å². The molecule has 0 amide bonds. The number of pyridine rings is 2. The Morgan fingerprint density at radius 3 is 2.54 bits per heavy atom. The zero-order chi connectivity index (χ0) is 28.6. The van der Waals surface area contributed by atoms with Crippen LogP contribution in [0.4, 0.5) is 4.79 Å². The van der Waals surface area contributed by atoms with E-state index in [1.165, 1.54) is 10.8 Å². The van der Waals surface area contributed by atoms with Crippen LogP contribution in [-0.2, 0) is 9.53 Å². The van der Waals surface area contributed by atoms with Crippen LogP contribution in [0.2, 0.25) is 5.02 Å². The highest BCUT2D eigenvalue weighted by Crippen LogP contribution is 2.35. The Kier molecular flexibility index (Phi) is 7.68. The van der Waals surface area contributed by atoms with Gasteiger partial charge in [-0.3, -0.25) is 4.98 Å². The number of allylic oxidation sites excluding steroid dienone is 1. The third-order valence-corrected chi connectivity index (χ3v) is 6.50. The number of guanidine groups is 1. The summed E-state index contributed by atoms with van der Waals surface area (Å²) in [6.45, 7) is 13.3. The van der Waals surface area contributed by atoms with Gasteiger partial charge in [-0.1, -0.05) is 24.6 Å². The number of fused-ring (bicyclic) bond motifs is 1. The van der Waals surface area contributed by atoms with E-state index >= 15 is 0 Å². The number of aromatic nitrogens is 3.